The average molecular weight is 346 g/mol. The van der Waals surface area contributed by atoms with Crippen LogP contribution in [-0.2, 0) is 0 Å². The largest absolute Gasteiger partial charge is 0.464 e. The summed E-state index contributed by atoms with van der Waals surface area (Å²) in [6.07, 6.45) is 0. The lowest BCUT2D eigenvalue weighted by molar-refractivity contribution is 0.312. The SMILES string of the molecule is CCOc1nc(N)nc(Nc2c(F)cc(Br)cc2F)n1. The van der Waals surface area contributed by atoms with Gasteiger partial charge < -0.3 is 15.8 Å². The highest BCUT2D eigenvalue weighted by Crippen LogP contribution is 2.26. The maximum atomic E-state index is 13.7. The molecule has 2 aromatic rings. The number of benzene rings is 1. The van der Waals surface area contributed by atoms with Gasteiger partial charge in [0.1, 0.15) is 5.69 Å². The van der Waals surface area contributed by atoms with Gasteiger partial charge in [0.25, 0.3) is 0 Å². The highest BCUT2D eigenvalue weighted by molar-refractivity contribution is 9.10. The minimum absolute atomic E-state index is 0.0274. The monoisotopic (exact) mass is 345 g/mol. The molecule has 0 amide bonds. The van der Waals surface area contributed by atoms with Crippen LogP contribution in [-0.4, -0.2) is 21.6 Å². The van der Waals surface area contributed by atoms with Crippen molar-refractivity contribution in [2.45, 2.75) is 6.92 Å². The van der Waals surface area contributed by atoms with Gasteiger partial charge in [0.15, 0.2) is 11.6 Å². The van der Waals surface area contributed by atoms with Crippen molar-refractivity contribution in [2.75, 3.05) is 17.7 Å². The van der Waals surface area contributed by atoms with E-state index in [0.29, 0.717) is 6.61 Å². The van der Waals surface area contributed by atoms with Crippen LogP contribution in [0.15, 0.2) is 16.6 Å². The summed E-state index contributed by atoms with van der Waals surface area (Å²) in [5.74, 6) is -1.83. The molecular formula is C11H10BrF2N5O. The number of hydrogen-bond acceptors (Lipinski definition) is 6. The first kappa shape index (κ1) is 14.4. The first-order chi connectivity index (χ1) is 9.49. The standard InChI is InChI=1S/C11H10BrF2N5O/c1-2-20-11-18-9(15)17-10(19-11)16-8-6(13)3-5(12)4-7(8)14/h3-4H,2H2,1H3,(H3,15,16,17,18,19). The quantitative estimate of drug-likeness (QED) is 0.885. The summed E-state index contributed by atoms with van der Waals surface area (Å²) in [6.45, 7) is 2.06. The third kappa shape index (κ3) is 3.29. The first-order valence-corrected chi connectivity index (χ1v) is 6.34. The van der Waals surface area contributed by atoms with Gasteiger partial charge in [-0.2, -0.15) is 15.0 Å². The van der Waals surface area contributed by atoms with E-state index >= 15 is 0 Å². The molecular weight excluding hydrogens is 336 g/mol. The van der Waals surface area contributed by atoms with E-state index in [1.54, 1.807) is 6.92 Å². The molecule has 0 aliphatic rings. The van der Waals surface area contributed by atoms with E-state index in [1.807, 2.05) is 0 Å². The highest BCUT2D eigenvalue weighted by Gasteiger charge is 2.13. The van der Waals surface area contributed by atoms with E-state index in [1.165, 1.54) is 0 Å². The number of nitrogen functional groups attached to an aromatic ring is 1. The Morgan fingerprint density at radius 3 is 2.50 bits per heavy atom. The summed E-state index contributed by atoms with van der Waals surface area (Å²) in [6, 6.07) is 2.19. The third-order valence-corrected chi connectivity index (χ3v) is 2.61. The van der Waals surface area contributed by atoms with Crippen LogP contribution in [0.3, 0.4) is 0 Å². The molecule has 1 heterocycles. The Morgan fingerprint density at radius 1 is 1.25 bits per heavy atom. The molecule has 20 heavy (non-hydrogen) atoms. The molecule has 0 saturated carbocycles. The minimum atomic E-state index is -0.797. The van der Waals surface area contributed by atoms with Crippen LogP contribution in [0, 0.1) is 11.6 Å². The van der Waals surface area contributed by atoms with Crippen LogP contribution in [0.4, 0.5) is 26.4 Å². The molecule has 0 bridgehead atoms. The molecule has 0 aliphatic carbocycles. The summed E-state index contributed by atoms with van der Waals surface area (Å²) in [5.41, 5.74) is 5.08. The lowest BCUT2D eigenvalue weighted by Gasteiger charge is -2.09. The molecule has 0 atom stereocenters. The summed E-state index contributed by atoms with van der Waals surface area (Å²) in [7, 11) is 0. The van der Waals surface area contributed by atoms with Gasteiger partial charge in [0, 0.05) is 4.47 Å². The zero-order chi connectivity index (χ0) is 14.7. The van der Waals surface area contributed by atoms with Crippen LogP contribution >= 0.6 is 15.9 Å². The Labute approximate surface area is 121 Å². The van der Waals surface area contributed by atoms with Gasteiger partial charge in [-0.1, -0.05) is 15.9 Å². The molecule has 0 radical (unpaired) electrons. The number of nitrogens with one attached hydrogen (secondary N) is 1. The Bertz CT molecular complexity index is 617. The Kier molecular flexibility index (Phi) is 4.28. The van der Waals surface area contributed by atoms with Crippen molar-refractivity contribution in [3.63, 3.8) is 0 Å². The summed E-state index contributed by atoms with van der Waals surface area (Å²) in [4.78, 5) is 11.3. The Morgan fingerprint density at radius 2 is 1.90 bits per heavy atom. The second kappa shape index (κ2) is 5.95. The van der Waals surface area contributed by atoms with Crippen molar-refractivity contribution < 1.29 is 13.5 Å². The maximum Gasteiger partial charge on any atom is 0.323 e. The van der Waals surface area contributed by atoms with Crippen molar-refractivity contribution in [3.8, 4) is 6.01 Å². The van der Waals surface area contributed by atoms with Crippen molar-refractivity contribution in [1.82, 2.24) is 15.0 Å². The fourth-order valence-corrected chi connectivity index (χ4v) is 1.80. The lowest BCUT2D eigenvalue weighted by atomic mass is 10.3. The van der Waals surface area contributed by atoms with Crippen molar-refractivity contribution in [3.05, 3.63) is 28.2 Å². The number of aromatic nitrogens is 3. The summed E-state index contributed by atoms with van der Waals surface area (Å²) in [5, 5.41) is 2.41. The van der Waals surface area contributed by atoms with E-state index in [0.717, 1.165) is 12.1 Å². The number of nitrogens with zero attached hydrogens (tertiary/aromatic N) is 3. The number of nitrogens with two attached hydrogens (primary N) is 1. The van der Waals surface area contributed by atoms with Crippen LogP contribution in [0.2, 0.25) is 0 Å². The number of hydrogen-bond donors (Lipinski definition) is 2. The van der Waals surface area contributed by atoms with Gasteiger partial charge in [-0.15, -0.1) is 0 Å². The van der Waals surface area contributed by atoms with E-state index < -0.39 is 11.6 Å². The predicted octanol–water partition coefficient (Wildman–Crippen LogP) is 2.64. The van der Waals surface area contributed by atoms with Gasteiger partial charge in [-0.25, -0.2) is 8.78 Å². The molecule has 106 valence electrons. The van der Waals surface area contributed by atoms with Gasteiger partial charge in [0.05, 0.1) is 6.61 Å². The van der Waals surface area contributed by atoms with Crippen molar-refractivity contribution in [1.29, 1.82) is 0 Å². The zero-order valence-corrected chi connectivity index (χ0v) is 11.9. The van der Waals surface area contributed by atoms with Gasteiger partial charge in [-0.05, 0) is 19.1 Å². The van der Waals surface area contributed by atoms with Gasteiger partial charge >= 0.3 is 6.01 Å². The van der Waals surface area contributed by atoms with Crippen LogP contribution in [0.5, 0.6) is 6.01 Å². The van der Waals surface area contributed by atoms with E-state index in [-0.39, 0.29) is 28.1 Å². The predicted molar refractivity (Wildman–Crippen MR) is 72.7 cm³/mol. The molecule has 6 nitrogen and oxygen atoms in total. The van der Waals surface area contributed by atoms with Crippen LogP contribution < -0.4 is 15.8 Å². The van der Waals surface area contributed by atoms with Crippen LogP contribution in [0.1, 0.15) is 6.92 Å². The summed E-state index contributed by atoms with van der Waals surface area (Å²) < 4.78 is 32.7. The number of anilines is 3. The van der Waals surface area contributed by atoms with E-state index in [4.69, 9.17) is 10.5 Å². The van der Waals surface area contributed by atoms with Crippen molar-refractivity contribution >= 4 is 33.5 Å². The Hall–Kier alpha value is -2.03. The fraction of sp³-hybridized carbons (Fsp3) is 0.182. The normalized spacial score (nSPS) is 10.4. The molecule has 0 spiro atoms. The number of halogens is 3. The van der Waals surface area contributed by atoms with Gasteiger partial charge in [0.2, 0.25) is 11.9 Å². The smallest absolute Gasteiger partial charge is 0.323 e. The van der Waals surface area contributed by atoms with Crippen LogP contribution in [0.25, 0.3) is 0 Å². The molecule has 0 aliphatic heterocycles. The van der Waals surface area contributed by atoms with Gasteiger partial charge in [-0.3, -0.25) is 0 Å². The first-order valence-electron chi connectivity index (χ1n) is 5.55. The fourth-order valence-electron chi connectivity index (χ4n) is 1.40. The summed E-state index contributed by atoms with van der Waals surface area (Å²) >= 11 is 2.99. The zero-order valence-electron chi connectivity index (χ0n) is 10.3. The van der Waals surface area contributed by atoms with Crippen molar-refractivity contribution in [2.24, 2.45) is 0 Å². The molecule has 0 fully saturated rings. The number of rotatable bonds is 4. The van der Waals surface area contributed by atoms with E-state index in [9.17, 15) is 8.78 Å². The molecule has 0 unspecified atom stereocenters. The average Bonchev–Trinajstić information content (AvgIpc) is 2.33. The Balaban J connectivity index is 2.35. The third-order valence-electron chi connectivity index (χ3n) is 2.15. The second-order valence-electron chi connectivity index (χ2n) is 3.60. The second-order valence-corrected chi connectivity index (χ2v) is 4.52. The molecule has 9 heteroatoms. The topological polar surface area (TPSA) is 86.0 Å². The maximum absolute atomic E-state index is 13.7. The highest BCUT2D eigenvalue weighted by atomic mass is 79.9. The molecule has 0 saturated heterocycles. The number of ether oxygens (including phenoxy) is 1. The lowest BCUT2D eigenvalue weighted by Crippen LogP contribution is -2.08. The molecule has 1 aromatic carbocycles. The molecule has 2 rings (SSSR count). The molecule has 1 aromatic heterocycles. The molecule has 3 N–H and O–H groups in total. The minimum Gasteiger partial charge on any atom is -0.464 e. The van der Waals surface area contributed by atoms with E-state index in [2.05, 4.69) is 36.2 Å².